The number of aromatic amines is 1. The molecule has 1 aromatic heterocycles. The van der Waals surface area contributed by atoms with Crippen LogP contribution in [0.25, 0.3) is 0 Å². The van der Waals surface area contributed by atoms with Crippen LogP contribution in [0.15, 0.2) is 52.4 Å². The largest absolute Gasteiger partial charge is 0.493 e. The van der Waals surface area contributed by atoms with Crippen molar-refractivity contribution in [2.24, 2.45) is 0 Å². The average molecular weight is 452 g/mol. The molecule has 32 heavy (non-hydrogen) atoms. The van der Waals surface area contributed by atoms with E-state index in [4.69, 9.17) is 9.47 Å². The van der Waals surface area contributed by atoms with Crippen LogP contribution in [0.1, 0.15) is 41.5 Å². The van der Waals surface area contributed by atoms with Crippen LogP contribution in [-0.2, 0) is 10.5 Å². The number of fused-ring (bicyclic) bond motifs is 1. The maximum atomic E-state index is 13.1. The van der Waals surface area contributed by atoms with Crippen LogP contribution in [0.5, 0.6) is 11.5 Å². The Hall–Kier alpha value is -3.26. The Kier molecular flexibility index (Phi) is 6.50. The van der Waals surface area contributed by atoms with Crippen molar-refractivity contribution in [3.05, 3.63) is 75.1 Å². The van der Waals surface area contributed by atoms with Gasteiger partial charge in [0.15, 0.2) is 16.7 Å². The summed E-state index contributed by atoms with van der Waals surface area (Å²) in [7, 11) is 1.58. The highest BCUT2D eigenvalue weighted by Gasteiger charge is 2.31. The molecule has 0 spiro atoms. The van der Waals surface area contributed by atoms with Crippen molar-refractivity contribution in [2.75, 3.05) is 19.0 Å². The Bertz CT molecular complexity index is 1210. The predicted molar refractivity (Wildman–Crippen MR) is 125 cm³/mol. The Labute approximate surface area is 190 Å². The summed E-state index contributed by atoms with van der Waals surface area (Å²) in [4.78, 5) is 33.0. The number of nitrogens with one attached hydrogen (secondary N) is 2. The number of thioether (sulfide) groups is 1. The van der Waals surface area contributed by atoms with E-state index in [1.807, 2.05) is 31.2 Å². The van der Waals surface area contributed by atoms with Gasteiger partial charge in [0.1, 0.15) is 5.82 Å². The summed E-state index contributed by atoms with van der Waals surface area (Å²) in [6, 6.07) is 13.6. The number of methoxy groups -OCH3 is 1. The monoisotopic (exact) mass is 451 g/mol. The van der Waals surface area contributed by atoms with Gasteiger partial charge in [-0.1, -0.05) is 42.1 Å². The minimum atomic E-state index is -0.421. The van der Waals surface area contributed by atoms with E-state index in [9.17, 15) is 9.59 Å². The molecule has 1 amide bonds. The van der Waals surface area contributed by atoms with Gasteiger partial charge >= 0.3 is 0 Å². The zero-order valence-corrected chi connectivity index (χ0v) is 19.0. The number of rotatable bonds is 7. The molecule has 7 nitrogen and oxygen atoms in total. The number of aromatic nitrogens is 2. The second-order valence-electron chi connectivity index (χ2n) is 7.50. The van der Waals surface area contributed by atoms with E-state index in [1.165, 1.54) is 22.9 Å². The fraction of sp³-hybridized carbons (Fsp3) is 0.292. The van der Waals surface area contributed by atoms with Gasteiger partial charge in [0.2, 0.25) is 5.91 Å². The van der Waals surface area contributed by atoms with Gasteiger partial charge in [0.25, 0.3) is 5.56 Å². The van der Waals surface area contributed by atoms with E-state index in [-0.39, 0.29) is 17.9 Å². The van der Waals surface area contributed by atoms with E-state index in [0.717, 1.165) is 5.56 Å². The molecular weight excluding hydrogens is 426 g/mol. The molecule has 2 aromatic carbocycles. The lowest BCUT2D eigenvalue weighted by Crippen LogP contribution is -2.31. The molecule has 4 rings (SSSR count). The number of anilines is 1. The molecule has 0 saturated heterocycles. The summed E-state index contributed by atoms with van der Waals surface area (Å²) in [5.74, 6) is 1.57. The van der Waals surface area contributed by atoms with Crippen molar-refractivity contribution in [1.82, 2.24) is 9.97 Å². The molecule has 2 heterocycles. The predicted octanol–water partition coefficient (Wildman–Crippen LogP) is 4.25. The number of H-pyrrole nitrogens is 1. The van der Waals surface area contributed by atoms with Crippen molar-refractivity contribution in [3.8, 4) is 11.5 Å². The fourth-order valence-corrected chi connectivity index (χ4v) is 4.74. The topological polar surface area (TPSA) is 93.3 Å². The third-order valence-corrected chi connectivity index (χ3v) is 6.37. The van der Waals surface area contributed by atoms with Gasteiger partial charge in [-0.05, 0) is 42.7 Å². The van der Waals surface area contributed by atoms with Gasteiger partial charge in [0.05, 0.1) is 19.3 Å². The minimum absolute atomic E-state index is 0.158. The summed E-state index contributed by atoms with van der Waals surface area (Å²) in [5.41, 5.74) is 3.36. The second kappa shape index (κ2) is 9.48. The number of ether oxygens (including phenoxy) is 2. The van der Waals surface area contributed by atoms with E-state index in [1.54, 1.807) is 13.2 Å². The molecule has 3 aromatic rings. The first-order valence-electron chi connectivity index (χ1n) is 10.4. The average Bonchev–Trinajstić information content (AvgIpc) is 2.78. The summed E-state index contributed by atoms with van der Waals surface area (Å²) < 4.78 is 11.0. The molecule has 2 N–H and O–H groups in total. The number of aryl methyl sites for hydroxylation is 1. The van der Waals surface area contributed by atoms with Crippen molar-refractivity contribution in [1.29, 1.82) is 0 Å². The molecule has 0 saturated carbocycles. The quantitative estimate of drug-likeness (QED) is 0.412. The molecule has 1 atom stereocenters. The van der Waals surface area contributed by atoms with Gasteiger partial charge in [-0.25, -0.2) is 4.98 Å². The Morgan fingerprint density at radius 1 is 1.16 bits per heavy atom. The van der Waals surface area contributed by atoms with Crippen molar-refractivity contribution < 1.29 is 14.3 Å². The van der Waals surface area contributed by atoms with Gasteiger partial charge in [0, 0.05) is 18.1 Å². The molecule has 166 valence electrons. The van der Waals surface area contributed by atoms with Crippen molar-refractivity contribution in [3.63, 3.8) is 0 Å². The van der Waals surface area contributed by atoms with Gasteiger partial charge < -0.3 is 19.8 Å². The molecule has 0 aliphatic carbocycles. The van der Waals surface area contributed by atoms with Crippen LogP contribution in [-0.4, -0.2) is 29.6 Å². The minimum Gasteiger partial charge on any atom is -0.493 e. The van der Waals surface area contributed by atoms with Crippen LogP contribution in [0.4, 0.5) is 5.82 Å². The summed E-state index contributed by atoms with van der Waals surface area (Å²) in [6.45, 7) is 4.42. The highest BCUT2D eigenvalue weighted by molar-refractivity contribution is 7.98. The summed E-state index contributed by atoms with van der Waals surface area (Å²) >= 11 is 1.43. The Morgan fingerprint density at radius 2 is 1.97 bits per heavy atom. The van der Waals surface area contributed by atoms with Crippen LogP contribution < -0.4 is 20.3 Å². The summed E-state index contributed by atoms with van der Waals surface area (Å²) in [5, 5.41) is 3.25. The summed E-state index contributed by atoms with van der Waals surface area (Å²) in [6.07, 6.45) is 0.158. The first kappa shape index (κ1) is 22.0. The molecule has 1 aliphatic heterocycles. The van der Waals surface area contributed by atoms with Gasteiger partial charge in [-0.2, -0.15) is 0 Å². The maximum absolute atomic E-state index is 13.1. The zero-order chi connectivity index (χ0) is 22.7. The normalized spacial score (nSPS) is 15.1. The lowest BCUT2D eigenvalue weighted by atomic mass is 9.86. The second-order valence-corrected chi connectivity index (χ2v) is 8.46. The number of carbonyl (C=O) groups is 1. The third kappa shape index (κ3) is 4.50. The van der Waals surface area contributed by atoms with E-state index in [0.29, 0.717) is 40.4 Å². The van der Waals surface area contributed by atoms with Crippen LogP contribution in [0, 0.1) is 6.92 Å². The first-order chi connectivity index (χ1) is 15.5. The lowest BCUT2D eigenvalue weighted by Gasteiger charge is -2.25. The van der Waals surface area contributed by atoms with E-state index >= 15 is 0 Å². The van der Waals surface area contributed by atoms with Crippen LogP contribution in [0.2, 0.25) is 0 Å². The van der Waals surface area contributed by atoms with E-state index < -0.39 is 5.92 Å². The van der Waals surface area contributed by atoms with Gasteiger partial charge in [-0.3, -0.25) is 9.59 Å². The standard InChI is InChI=1S/C24H25N3O4S/c1-4-31-19-11-15(9-10-18(19)30-3)17-12-20(28)25-22-21(17)23(29)27-24(26-22)32-13-16-8-6-5-7-14(16)2/h5-11,17H,4,12-13H2,1-3H3,(H2,25,26,27,28,29). The first-order valence-corrected chi connectivity index (χ1v) is 11.4. The number of amides is 1. The molecule has 0 radical (unpaired) electrons. The van der Waals surface area contributed by atoms with Crippen LogP contribution in [0.3, 0.4) is 0 Å². The highest BCUT2D eigenvalue weighted by atomic mass is 32.2. The third-order valence-electron chi connectivity index (χ3n) is 5.44. The molecule has 1 unspecified atom stereocenters. The van der Waals surface area contributed by atoms with Gasteiger partial charge in [-0.15, -0.1) is 0 Å². The Balaban J connectivity index is 1.67. The maximum Gasteiger partial charge on any atom is 0.257 e. The number of carbonyl (C=O) groups excluding carboxylic acids is 1. The molecule has 1 aliphatic rings. The SMILES string of the molecule is CCOc1cc(C2CC(=O)Nc3nc(SCc4ccccc4C)[nH]c(=O)c32)ccc1OC. The molecular formula is C24H25N3O4S. The van der Waals surface area contributed by atoms with E-state index in [2.05, 4.69) is 34.3 Å². The molecule has 0 fully saturated rings. The smallest absolute Gasteiger partial charge is 0.257 e. The number of nitrogens with zero attached hydrogens (tertiary/aromatic N) is 1. The lowest BCUT2D eigenvalue weighted by molar-refractivity contribution is -0.116. The molecule has 0 bridgehead atoms. The zero-order valence-electron chi connectivity index (χ0n) is 18.2. The fourth-order valence-electron chi connectivity index (χ4n) is 3.80. The van der Waals surface area contributed by atoms with Crippen molar-refractivity contribution >= 4 is 23.5 Å². The van der Waals surface area contributed by atoms with Crippen molar-refractivity contribution in [2.45, 2.75) is 37.1 Å². The number of benzene rings is 2. The molecule has 8 heteroatoms. The number of hydrogen-bond donors (Lipinski definition) is 2. The Morgan fingerprint density at radius 3 is 2.72 bits per heavy atom. The highest BCUT2D eigenvalue weighted by Crippen LogP contribution is 2.38. The number of hydrogen-bond acceptors (Lipinski definition) is 6. The van der Waals surface area contributed by atoms with Crippen LogP contribution >= 0.6 is 11.8 Å².